The zero-order valence-electron chi connectivity index (χ0n) is 13.9. The summed E-state index contributed by atoms with van der Waals surface area (Å²) in [5.41, 5.74) is 1.90. The second kappa shape index (κ2) is 7.73. The molecule has 1 N–H and O–H groups in total. The summed E-state index contributed by atoms with van der Waals surface area (Å²) in [7, 11) is 0. The van der Waals surface area contributed by atoms with Crippen molar-refractivity contribution in [2.75, 3.05) is 11.9 Å². The first kappa shape index (κ1) is 16.9. The predicted molar refractivity (Wildman–Crippen MR) is 99.1 cm³/mol. The molecular weight excluding hydrogens is 314 g/mol. The van der Waals surface area contributed by atoms with Crippen molar-refractivity contribution in [3.05, 3.63) is 77.9 Å². The maximum atomic E-state index is 12.9. The van der Waals surface area contributed by atoms with E-state index in [1.165, 1.54) is 0 Å². The van der Waals surface area contributed by atoms with E-state index in [9.17, 15) is 9.59 Å². The molecule has 0 aliphatic heterocycles. The van der Waals surface area contributed by atoms with Crippen LogP contribution in [-0.4, -0.2) is 24.9 Å². The highest BCUT2D eigenvalue weighted by molar-refractivity contribution is 6.03. The molecule has 0 aromatic heterocycles. The summed E-state index contributed by atoms with van der Waals surface area (Å²) in [6.07, 6.45) is -0.00225. The number of Topliss-reactive ketones (excluding diaryl/α,β-unsaturated/α-hetero) is 1. The van der Waals surface area contributed by atoms with E-state index in [0.29, 0.717) is 17.7 Å². The summed E-state index contributed by atoms with van der Waals surface area (Å²) in [5, 5.41) is 5.19. The van der Waals surface area contributed by atoms with Crippen LogP contribution < -0.4 is 5.32 Å². The number of rotatable bonds is 7. The standard InChI is InChI=1S/C21H19NO3/c1-2-25-21(22-19-11-7-15(14-23)8-12-19)20(24)18-10-9-16-5-3-4-6-17(16)13-18/h3-14,21-22H,2H2,1H3. The Bertz CT molecular complexity index is 887. The number of hydrogen-bond donors (Lipinski definition) is 1. The molecule has 0 radical (unpaired) electrons. The molecule has 0 aliphatic rings. The van der Waals surface area contributed by atoms with Crippen LogP contribution in [0.5, 0.6) is 0 Å². The van der Waals surface area contributed by atoms with Crippen molar-refractivity contribution in [1.82, 2.24) is 0 Å². The molecule has 1 unspecified atom stereocenters. The summed E-state index contributed by atoms with van der Waals surface area (Å²) in [5.74, 6) is -0.132. The molecule has 3 aromatic carbocycles. The summed E-state index contributed by atoms with van der Waals surface area (Å²) >= 11 is 0. The van der Waals surface area contributed by atoms with Crippen LogP contribution in [0.3, 0.4) is 0 Å². The number of anilines is 1. The number of carbonyl (C=O) groups excluding carboxylic acids is 2. The van der Waals surface area contributed by atoms with Gasteiger partial charge in [0.15, 0.2) is 6.23 Å². The van der Waals surface area contributed by atoms with Gasteiger partial charge >= 0.3 is 0 Å². The second-order valence-corrected chi connectivity index (χ2v) is 5.65. The molecule has 0 aliphatic carbocycles. The number of ketones is 1. The van der Waals surface area contributed by atoms with Crippen LogP contribution in [0.15, 0.2) is 66.7 Å². The minimum atomic E-state index is -0.784. The Morgan fingerprint density at radius 2 is 1.76 bits per heavy atom. The largest absolute Gasteiger partial charge is 0.354 e. The van der Waals surface area contributed by atoms with Crippen LogP contribution in [0.25, 0.3) is 10.8 Å². The van der Waals surface area contributed by atoms with E-state index in [0.717, 1.165) is 22.7 Å². The molecule has 0 heterocycles. The molecule has 0 spiro atoms. The first-order valence-electron chi connectivity index (χ1n) is 8.17. The third-order valence-corrected chi connectivity index (χ3v) is 3.95. The number of hydrogen-bond acceptors (Lipinski definition) is 4. The highest BCUT2D eigenvalue weighted by Gasteiger charge is 2.20. The lowest BCUT2D eigenvalue weighted by molar-refractivity contribution is 0.0550. The third-order valence-electron chi connectivity index (χ3n) is 3.95. The van der Waals surface area contributed by atoms with Gasteiger partial charge in [0.05, 0.1) is 0 Å². The van der Waals surface area contributed by atoms with E-state index < -0.39 is 6.23 Å². The Labute approximate surface area is 146 Å². The molecule has 126 valence electrons. The van der Waals surface area contributed by atoms with Crippen molar-refractivity contribution in [2.45, 2.75) is 13.2 Å². The molecule has 3 aromatic rings. The van der Waals surface area contributed by atoms with Crippen molar-refractivity contribution in [3.63, 3.8) is 0 Å². The fourth-order valence-corrected chi connectivity index (χ4v) is 2.65. The van der Waals surface area contributed by atoms with Gasteiger partial charge < -0.3 is 10.1 Å². The van der Waals surface area contributed by atoms with Crippen molar-refractivity contribution in [2.24, 2.45) is 0 Å². The van der Waals surface area contributed by atoms with E-state index in [1.807, 2.05) is 49.4 Å². The highest BCUT2D eigenvalue weighted by Crippen LogP contribution is 2.19. The van der Waals surface area contributed by atoms with E-state index in [-0.39, 0.29) is 5.78 Å². The van der Waals surface area contributed by atoms with Crippen molar-refractivity contribution >= 4 is 28.5 Å². The minimum absolute atomic E-state index is 0.132. The smallest absolute Gasteiger partial charge is 0.212 e. The van der Waals surface area contributed by atoms with Gasteiger partial charge in [-0.05, 0) is 48.0 Å². The molecule has 25 heavy (non-hydrogen) atoms. The van der Waals surface area contributed by atoms with Crippen LogP contribution in [0.1, 0.15) is 27.6 Å². The lowest BCUT2D eigenvalue weighted by atomic mass is 10.0. The molecule has 3 rings (SSSR count). The number of carbonyl (C=O) groups is 2. The van der Waals surface area contributed by atoms with Gasteiger partial charge in [-0.15, -0.1) is 0 Å². The summed E-state index contributed by atoms with van der Waals surface area (Å²) in [6, 6.07) is 20.4. The van der Waals surface area contributed by atoms with E-state index in [4.69, 9.17) is 4.74 Å². The van der Waals surface area contributed by atoms with Gasteiger partial charge in [0.25, 0.3) is 0 Å². The Balaban J connectivity index is 1.84. The maximum absolute atomic E-state index is 12.9. The molecule has 0 saturated heterocycles. The fourth-order valence-electron chi connectivity index (χ4n) is 2.65. The Kier molecular flexibility index (Phi) is 5.21. The monoisotopic (exact) mass is 333 g/mol. The molecule has 0 amide bonds. The third kappa shape index (κ3) is 3.92. The lowest BCUT2D eigenvalue weighted by Gasteiger charge is -2.19. The number of nitrogens with one attached hydrogen (secondary N) is 1. The SMILES string of the molecule is CCOC(Nc1ccc(C=O)cc1)C(=O)c1ccc2ccccc2c1. The van der Waals surface area contributed by atoms with Crippen molar-refractivity contribution in [3.8, 4) is 0 Å². The van der Waals surface area contributed by atoms with E-state index >= 15 is 0 Å². The van der Waals surface area contributed by atoms with Crippen LogP contribution in [0.4, 0.5) is 5.69 Å². The Hall–Kier alpha value is -2.98. The minimum Gasteiger partial charge on any atom is -0.354 e. The topological polar surface area (TPSA) is 55.4 Å². The van der Waals surface area contributed by atoms with Crippen LogP contribution in [0.2, 0.25) is 0 Å². The number of ether oxygens (including phenoxy) is 1. The zero-order chi connectivity index (χ0) is 17.6. The van der Waals surface area contributed by atoms with Gasteiger partial charge in [-0.1, -0.05) is 36.4 Å². The molecule has 0 fully saturated rings. The van der Waals surface area contributed by atoms with Gasteiger partial charge in [0.1, 0.15) is 6.29 Å². The van der Waals surface area contributed by atoms with Crippen molar-refractivity contribution in [1.29, 1.82) is 0 Å². The summed E-state index contributed by atoms with van der Waals surface area (Å²) in [4.78, 5) is 23.6. The number of benzene rings is 3. The highest BCUT2D eigenvalue weighted by atomic mass is 16.5. The average molecular weight is 333 g/mol. The van der Waals surface area contributed by atoms with Crippen LogP contribution >= 0.6 is 0 Å². The van der Waals surface area contributed by atoms with Gasteiger partial charge in [-0.2, -0.15) is 0 Å². The molecule has 1 atom stereocenters. The van der Waals surface area contributed by atoms with Gasteiger partial charge in [-0.3, -0.25) is 9.59 Å². The predicted octanol–water partition coefficient (Wildman–Crippen LogP) is 4.31. The first-order chi connectivity index (χ1) is 12.2. The van der Waals surface area contributed by atoms with E-state index in [2.05, 4.69) is 5.32 Å². The van der Waals surface area contributed by atoms with Gasteiger partial charge in [0.2, 0.25) is 5.78 Å². The molecule has 4 heteroatoms. The van der Waals surface area contributed by atoms with Crippen LogP contribution in [0, 0.1) is 0 Å². The summed E-state index contributed by atoms with van der Waals surface area (Å²) in [6.45, 7) is 2.25. The average Bonchev–Trinajstić information content (AvgIpc) is 2.67. The number of fused-ring (bicyclic) bond motifs is 1. The molecule has 0 bridgehead atoms. The Morgan fingerprint density at radius 1 is 1.04 bits per heavy atom. The summed E-state index contributed by atoms with van der Waals surface area (Å²) < 4.78 is 5.60. The molecule has 0 saturated carbocycles. The van der Waals surface area contributed by atoms with Gasteiger partial charge in [-0.25, -0.2) is 0 Å². The maximum Gasteiger partial charge on any atom is 0.212 e. The van der Waals surface area contributed by atoms with Crippen LogP contribution in [-0.2, 0) is 4.74 Å². The fraction of sp³-hybridized carbons (Fsp3) is 0.143. The van der Waals surface area contributed by atoms with Crippen molar-refractivity contribution < 1.29 is 14.3 Å². The normalized spacial score (nSPS) is 11.9. The number of aldehydes is 1. The van der Waals surface area contributed by atoms with Gasteiger partial charge in [0, 0.05) is 23.4 Å². The first-order valence-corrected chi connectivity index (χ1v) is 8.17. The van der Waals surface area contributed by atoms with E-state index in [1.54, 1.807) is 24.3 Å². The zero-order valence-corrected chi connectivity index (χ0v) is 13.9. The molecular formula is C21H19NO3. The lowest BCUT2D eigenvalue weighted by Crippen LogP contribution is -2.32. The molecule has 4 nitrogen and oxygen atoms in total. The Morgan fingerprint density at radius 3 is 2.44 bits per heavy atom. The quantitative estimate of drug-likeness (QED) is 0.398. The second-order valence-electron chi connectivity index (χ2n) is 5.65.